The van der Waals surface area contributed by atoms with Crippen molar-refractivity contribution >= 4 is 5.65 Å². The lowest BCUT2D eigenvalue weighted by atomic mass is 9.99. The number of hydrogen-bond acceptors (Lipinski definition) is 3. The molecule has 0 aliphatic carbocycles. The van der Waals surface area contributed by atoms with E-state index in [-0.39, 0.29) is 12.5 Å². The predicted octanol–water partition coefficient (Wildman–Crippen LogP) is 1.21. The van der Waals surface area contributed by atoms with Crippen molar-refractivity contribution in [3.05, 3.63) is 29.7 Å². The Morgan fingerprint density at radius 2 is 2.33 bits per heavy atom. The van der Waals surface area contributed by atoms with Gasteiger partial charge in [-0.3, -0.25) is 4.40 Å². The number of fused-ring (bicyclic) bond motifs is 1. The fourth-order valence-electron chi connectivity index (χ4n) is 1.68. The molecule has 15 heavy (non-hydrogen) atoms. The molecule has 2 aromatic heterocycles. The van der Waals surface area contributed by atoms with E-state index >= 15 is 0 Å². The molecule has 0 aliphatic rings. The van der Waals surface area contributed by atoms with Gasteiger partial charge in [0.1, 0.15) is 6.33 Å². The zero-order chi connectivity index (χ0) is 10.8. The Hall–Kier alpha value is -1.42. The largest absolute Gasteiger partial charge is 0.396 e. The highest BCUT2D eigenvalue weighted by Gasteiger charge is 2.07. The van der Waals surface area contributed by atoms with Crippen LogP contribution >= 0.6 is 0 Å². The molecule has 80 valence electrons. The molecule has 0 saturated carbocycles. The molecule has 2 aromatic rings. The van der Waals surface area contributed by atoms with E-state index in [2.05, 4.69) is 17.1 Å². The minimum Gasteiger partial charge on any atom is -0.396 e. The van der Waals surface area contributed by atoms with Crippen LogP contribution in [0.4, 0.5) is 0 Å². The summed E-state index contributed by atoms with van der Waals surface area (Å²) < 4.78 is 1.91. The van der Waals surface area contributed by atoms with Crippen molar-refractivity contribution in [2.45, 2.75) is 20.3 Å². The minimum atomic E-state index is 0.220. The summed E-state index contributed by atoms with van der Waals surface area (Å²) in [5, 5.41) is 16.9. The Labute approximate surface area is 88.6 Å². The van der Waals surface area contributed by atoms with Crippen molar-refractivity contribution in [3.63, 3.8) is 0 Å². The van der Waals surface area contributed by atoms with Crippen molar-refractivity contribution in [2.24, 2.45) is 5.92 Å². The third-order valence-electron chi connectivity index (χ3n) is 2.62. The number of pyridine rings is 1. The Morgan fingerprint density at radius 3 is 3.07 bits per heavy atom. The van der Waals surface area contributed by atoms with Gasteiger partial charge < -0.3 is 5.11 Å². The summed E-state index contributed by atoms with van der Waals surface area (Å²) in [4.78, 5) is 0. The van der Waals surface area contributed by atoms with Gasteiger partial charge in [-0.15, -0.1) is 10.2 Å². The first-order valence-electron chi connectivity index (χ1n) is 5.10. The second kappa shape index (κ2) is 3.98. The number of rotatable bonds is 3. The minimum absolute atomic E-state index is 0.220. The number of hydrogen-bond donors (Lipinski definition) is 1. The van der Waals surface area contributed by atoms with Crippen LogP contribution in [-0.4, -0.2) is 26.3 Å². The number of aryl methyl sites for hydroxylation is 1. The Bertz CT molecular complexity index is 464. The molecule has 1 atom stereocenters. The molecular weight excluding hydrogens is 190 g/mol. The smallest absolute Gasteiger partial charge is 0.160 e. The maximum atomic E-state index is 9.03. The first-order chi connectivity index (χ1) is 7.20. The van der Waals surface area contributed by atoms with Gasteiger partial charge in [-0.1, -0.05) is 6.92 Å². The van der Waals surface area contributed by atoms with Gasteiger partial charge in [-0.25, -0.2) is 0 Å². The van der Waals surface area contributed by atoms with E-state index in [1.54, 1.807) is 6.33 Å². The number of aliphatic hydroxyl groups is 1. The van der Waals surface area contributed by atoms with E-state index in [4.69, 9.17) is 5.11 Å². The van der Waals surface area contributed by atoms with Gasteiger partial charge in [-0.2, -0.15) is 0 Å². The molecule has 0 saturated heterocycles. The summed E-state index contributed by atoms with van der Waals surface area (Å²) in [5.41, 5.74) is 3.31. The van der Waals surface area contributed by atoms with E-state index in [0.717, 1.165) is 12.1 Å². The fraction of sp³-hybridized carbons (Fsp3) is 0.455. The van der Waals surface area contributed by atoms with Crippen LogP contribution < -0.4 is 0 Å². The van der Waals surface area contributed by atoms with Gasteiger partial charge >= 0.3 is 0 Å². The van der Waals surface area contributed by atoms with Crippen molar-refractivity contribution in [2.75, 3.05) is 6.61 Å². The molecule has 0 fully saturated rings. The number of aliphatic hydroxyl groups excluding tert-OH is 1. The predicted molar refractivity (Wildman–Crippen MR) is 57.7 cm³/mol. The van der Waals surface area contributed by atoms with Gasteiger partial charge in [0.05, 0.1) is 0 Å². The van der Waals surface area contributed by atoms with E-state index in [9.17, 15) is 0 Å². The second-order valence-corrected chi connectivity index (χ2v) is 4.07. The molecule has 2 rings (SSSR count). The number of nitrogens with zero attached hydrogens (tertiary/aromatic N) is 3. The first kappa shape index (κ1) is 10.1. The van der Waals surface area contributed by atoms with Gasteiger partial charge in [0.25, 0.3) is 0 Å². The molecule has 2 heterocycles. The SMILES string of the molecule is Cc1cn2cnnc2cc1C[C@@H](C)CO. The van der Waals surface area contributed by atoms with Crippen LogP contribution in [0.15, 0.2) is 18.6 Å². The summed E-state index contributed by atoms with van der Waals surface area (Å²) in [7, 11) is 0. The maximum absolute atomic E-state index is 9.03. The van der Waals surface area contributed by atoms with Crippen LogP contribution in [0, 0.1) is 12.8 Å². The van der Waals surface area contributed by atoms with E-state index in [1.165, 1.54) is 11.1 Å². The Balaban J connectivity index is 2.37. The Morgan fingerprint density at radius 1 is 1.53 bits per heavy atom. The summed E-state index contributed by atoms with van der Waals surface area (Å²) >= 11 is 0. The molecule has 4 heteroatoms. The van der Waals surface area contributed by atoms with E-state index < -0.39 is 0 Å². The van der Waals surface area contributed by atoms with Crippen LogP contribution in [0.3, 0.4) is 0 Å². The lowest BCUT2D eigenvalue weighted by molar-refractivity contribution is 0.237. The molecule has 0 aromatic carbocycles. The molecule has 0 bridgehead atoms. The Kier molecular flexibility index (Phi) is 2.68. The average Bonchev–Trinajstić information content (AvgIpc) is 2.65. The standard InChI is InChI=1S/C11H15N3O/c1-8(6-15)3-10-4-11-13-12-7-14(11)5-9(10)2/h4-5,7-8,15H,3,6H2,1-2H3/t8-/m1/s1. The zero-order valence-corrected chi connectivity index (χ0v) is 9.01. The fourth-order valence-corrected chi connectivity index (χ4v) is 1.68. The molecule has 0 radical (unpaired) electrons. The van der Waals surface area contributed by atoms with E-state index in [0.29, 0.717) is 0 Å². The summed E-state index contributed by atoms with van der Waals surface area (Å²) in [6.45, 7) is 4.32. The maximum Gasteiger partial charge on any atom is 0.160 e. The summed E-state index contributed by atoms with van der Waals surface area (Å²) in [6, 6.07) is 2.04. The monoisotopic (exact) mass is 205 g/mol. The highest BCUT2D eigenvalue weighted by Crippen LogP contribution is 2.15. The second-order valence-electron chi connectivity index (χ2n) is 4.07. The molecule has 4 nitrogen and oxygen atoms in total. The van der Waals surface area contributed by atoms with Crippen molar-refractivity contribution in [3.8, 4) is 0 Å². The first-order valence-corrected chi connectivity index (χ1v) is 5.10. The van der Waals surface area contributed by atoms with Gasteiger partial charge in [-0.05, 0) is 36.5 Å². The van der Waals surface area contributed by atoms with Crippen molar-refractivity contribution < 1.29 is 5.11 Å². The molecule has 1 N–H and O–H groups in total. The quantitative estimate of drug-likeness (QED) is 0.819. The molecule has 0 amide bonds. The lowest BCUT2D eigenvalue weighted by Gasteiger charge is -2.10. The van der Waals surface area contributed by atoms with Crippen molar-refractivity contribution in [1.82, 2.24) is 14.6 Å². The lowest BCUT2D eigenvalue weighted by Crippen LogP contribution is -2.06. The third kappa shape index (κ3) is 1.99. The van der Waals surface area contributed by atoms with Crippen LogP contribution in [0.25, 0.3) is 5.65 Å². The molecular formula is C11H15N3O. The highest BCUT2D eigenvalue weighted by molar-refractivity contribution is 5.43. The zero-order valence-electron chi connectivity index (χ0n) is 9.01. The summed E-state index contributed by atoms with van der Waals surface area (Å²) in [6.07, 6.45) is 4.60. The normalized spacial score (nSPS) is 13.3. The van der Waals surface area contributed by atoms with Gasteiger partial charge in [0.2, 0.25) is 0 Å². The van der Waals surface area contributed by atoms with Crippen LogP contribution in [0.2, 0.25) is 0 Å². The molecule has 0 unspecified atom stereocenters. The van der Waals surface area contributed by atoms with Crippen molar-refractivity contribution in [1.29, 1.82) is 0 Å². The topological polar surface area (TPSA) is 50.4 Å². The summed E-state index contributed by atoms with van der Waals surface area (Å²) in [5.74, 6) is 0.286. The van der Waals surface area contributed by atoms with Crippen LogP contribution in [-0.2, 0) is 6.42 Å². The van der Waals surface area contributed by atoms with Crippen LogP contribution in [0.1, 0.15) is 18.1 Å². The molecule has 0 spiro atoms. The average molecular weight is 205 g/mol. The number of aromatic nitrogens is 3. The van der Waals surface area contributed by atoms with E-state index in [1.807, 2.05) is 23.6 Å². The third-order valence-corrected chi connectivity index (χ3v) is 2.62. The van der Waals surface area contributed by atoms with Gasteiger partial charge in [0, 0.05) is 12.8 Å². The highest BCUT2D eigenvalue weighted by atomic mass is 16.3. The van der Waals surface area contributed by atoms with Gasteiger partial charge in [0.15, 0.2) is 5.65 Å². The molecule has 0 aliphatic heterocycles. The van der Waals surface area contributed by atoms with Crippen LogP contribution in [0.5, 0.6) is 0 Å².